The molecule has 5 nitrogen and oxygen atoms in total. The highest BCUT2D eigenvalue weighted by molar-refractivity contribution is 9.10. The van der Waals surface area contributed by atoms with Gasteiger partial charge in [0.2, 0.25) is 5.13 Å². The molecule has 1 N–H and O–H groups in total. The van der Waals surface area contributed by atoms with Gasteiger partial charge in [0.15, 0.2) is 0 Å². The molecule has 0 fully saturated rings. The van der Waals surface area contributed by atoms with E-state index in [2.05, 4.69) is 31.4 Å². The number of halogens is 1. The predicted octanol–water partition coefficient (Wildman–Crippen LogP) is 5.81. The maximum atomic E-state index is 5.71. The Hall–Kier alpha value is -2.38. The van der Waals surface area contributed by atoms with Gasteiger partial charge in [-0.2, -0.15) is 5.10 Å². The Morgan fingerprint density at radius 3 is 2.81 bits per heavy atom. The van der Waals surface area contributed by atoms with Crippen molar-refractivity contribution >= 4 is 38.6 Å². The fourth-order valence-corrected chi connectivity index (χ4v) is 3.51. The number of hydrogen-bond acceptors (Lipinski definition) is 6. The van der Waals surface area contributed by atoms with Crippen molar-refractivity contribution in [3.05, 3.63) is 57.9 Å². The Morgan fingerprint density at radius 2 is 2.07 bits per heavy atom. The number of thiazole rings is 1. The van der Waals surface area contributed by atoms with Crippen molar-refractivity contribution in [2.45, 2.75) is 20.0 Å². The average molecular weight is 446 g/mol. The zero-order chi connectivity index (χ0) is 19.2. The average Bonchev–Trinajstić information content (AvgIpc) is 3.13. The molecule has 7 heteroatoms. The second-order valence-corrected chi connectivity index (χ2v) is 7.71. The monoisotopic (exact) mass is 445 g/mol. The molecule has 3 aromatic rings. The van der Waals surface area contributed by atoms with Gasteiger partial charge < -0.3 is 9.47 Å². The molecule has 0 bridgehead atoms. The summed E-state index contributed by atoms with van der Waals surface area (Å²) >= 11 is 5.03. The zero-order valence-electron chi connectivity index (χ0n) is 15.3. The molecular weight excluding hydrogens is 426 g/mol. The topological polar surface area (TPSA) is 55.7 Å². The van der Waals surface area contributed by atoms with Crippen LogP contribution in [0.3, 0.4) is 0 Å². The quantitative estimate of drug-likeness (QED) is 0.367. The van der Waals surface area contributed by atoms with Gasteiger partial charge >= 0.3 is 0 Å². The van der Waals surface area contributed by atoms with Gasteiger partial charge in [-0.25, -0.2) is 4.98 Å². The van der Waals surface area contributed by atoms with E-state index >= 15 is 0 Å². The van der Waals surface area contributed by atoms with Gasteiger partial charge in [-0.15, -0.1) is 11.3 Å². The van der Waals surface area contributed by atoms with Crippen molar-refractivity contribution in [3.8, 4) is 22.8 Å². The van der Waals surface area contributed by atoms with Crippen molar-refractivity contribution in [1.29, 1.82) is 0 Å². The SMILES string of the molecule is COc1cccc(-c2csc(N/N=C\c3ccc(OC(C)C)c(Br)c3)n2)c1. The molecule has 0 radical (unpaired) electrons. The first-order valence-electron chi connectivity index (χ1n) is 8.40. The molecule has 1 aromatic heterocycles. The van der Waals surface area contributed by atoms with Gasteiger partial charge in [-0.05, 0) is 65.7 Å². The summed E-state index contributed by atoms with van der Waals surface area (Å²) in [5.74, 6) is 1.63. The number of nitrogens with one attached hydrogen (secondary N) is 1. The van der Waals surface area contributed by atoms with Gasteiger partial charge in [0.25, 0.3) is 0 Å². The van der Waals surface area contributed by atoms with Crippen LogP contribution in [0.2, 0.25) is 0 Å². The number of nitrogens with zero attached hydrogens (tertiary/aromatic N) is 2. The first-order valence-corrected chi connectivity index (χ1v) is 10.1. The van der Waals surface area contributed by atoms with Crippen LogP contribution in [-0.2, 0) is 0 Å². The van der Waals surface area contributed by atoms with Crippen molar-refractivity contribution < 1.29 is 9.47 Å². The van der Waals surface area contributed by atoms with E-state index in [1.807, 2.05) is 61.7 Å². The number of anilines is 1. The van der Waals surface area contributed by atoms with Crippen molar-refractivity contribution in [2.24, 2.45) is 5.10 Å². The number of hydrogen-bond donors (Lipinski definition) is 1. The molecule has 0 spiro atoms. The van der Waals surface area contributed by atoms with Gasteiger partial charge in [-0.1, -0.05) is 12.1 Å². The zero-order valence-corrected chi connectivity index (χ0v) is 17.7. The molecule has 3 rings (SSSR count). The summed E-state index contributed by atoms with van der Waals surface area (Å²) in [6.45, 7) is 4.00. The molecule has 1 heterocycles. The van der Waals surface area contributed by atoms with E-state index in [0.29, 0.717) is 0 Å². The summed E-state index contributed by atoms with van der Waals surface area (Å²) in [6, 6.07) is 13.7. The smallest absolute Gasteiger partial charge is 0.203 e. The minimum absolute atomic E-state index is 0.131. The summed E-state index contributed by atoms with van der Waals surface area (Å²) in [7, 11) is 1.65. The molecule has 140 valence electrons. The van der Waals surface area contributed by atoms with Crippen LogP contribution in [0.25, 0.3) is 11.3 Å². The number of methoxy groups -OCH3 is 1. The van der Waals surface area contributed by atoms with Crippen LogP contribution in [0.1, 0.15) is 19.4 Å². The molecule has 0 atom stereocenters. The summed E-state index contributed by atoms with van der Waals surface area (Å²) in [4.78, 5) is 4.56. The summed E-state index contributed by atoms with van der Waals surface area (Å²) in [5, 5.41) is 6.98. The molecule has 0 aliphatic rings. The number of ether oxygens (including phenoxy) is 2. The maximum Gasteiger partial charge on any atom is 0.203 e. The van der Waals surface area contributed by atoms with Gasteiger partial charge in [0.1, 0.15) is 11.5 Å². The fraction of sp³-hybridized carbons (Fsp3) is 0.200. The molecular formula is C20H20BrN3O2S. The van der Waals surface area contributed by atoms with E-state index < -0.39 is 0 Å². The highest BCUT2D eigenvalue weighted by Gasteiger charge is 2.06. The van der Waals surface area contributed by atoms with Crippen molar-refractivity contribution in [1.82, 2.24) is 4.98 Å². The molecule has 0 saturated heterocycles. The Labute approximate surface area is 171 Å². The third kappa shape index (κ3) is 5.30. The van der Waals surface area contributed by atoms with Crippen molar-refractivity contribution in [2.75, 3.05) is 12.5 Å². The van der Waals surface area contributed by atoms with Gasteiger partial charge in [0.05, 0.1) is 29.6 Å². The Kier molecular flexibility index (Phi) is 6.47. The molecule has 0 aliphatic heterocycles. The molecule has 0 unspecified atom stereocenters. The lowest BCUT2D eigenvalue weighted by atomic mass is 10.2. The third-order valence-electron chi connectivity index (χ3n) is 3.56. The largest absolute Gasteiger partial charge is 0.497 e. The number of rotatable bonds is 7. The van der Waals surface area contributed by atoms with Crippen LogP contribution in [0.4, 0.5) is 5.13 Å². The van der Waals surface area contributed by atoms with E-state index in [1.54, 1.807) is 13.3 Å². The number of benzene rings is 2. The van der Waals surface area contributed by atoms with E-state index in [4.69, 9.17) is 9.47 Å². The van der Waals surface area contributed by atoms with Gasteiger partial charge in [-0.3, -0.25) is 5.43 Å². The highest BCUT2D eigenvalue weighted by atomic mass is 79.9. The standard InChI is InChI=1S/C20H20BrN3O2S/c1-13(2)26-19-8-7-14(9-17(19)21)11-22-24-20-23-18(12-27-20)15-5-4-6-16(10-15)25-3/h4-13H,1-3H3,(H,23,24)/b22-11-. The Balaban J connectivity index is 1.65. The second-order valence-electron chi connectivity index (χ2n) is 6.00. The summed E-state index contributed by atoms with van der Waals surface area (Å²) in [6.07, 6.45) is 1.88. The lowest BCUT2D eigenvalue weighted by Gasteiger charge is -2.11. The first-order chi connectivity index (χ1) is 13.0. The lowest BCUT2D eigenvalue weighted by molar-refractivity contribution is 0.241. The summed E-state index contributed by atoms with van der Waals surface area (Å²) < 4.78 is 11.9. The van der Waals surface area contributed by atoms with Crippen LogP contribution in [-0.4, -0.2) is 24.4 Å². The van der Waals surface area contributed by atoms with Gasteiger partial charge in [0, 0.05) is 10.9 Å². The molecule has 0 amide bonds. The lowest BCUT2D eigenvalue weighted by Crippen LogP contribution is -2.06. The predicted molar refractivity (Wildman–Crippen MR) is 115 cm³/mol. The highest BCUT2D eigenvalue weighted by Crippen LogP contribution is 2.28. The Bertz CT molecular complexity index is 940. The molecule has 0 saturated carbocycles. The summed E-state index contributed by atoms with van der Waals surface area (Å²) in [5.41, 5.74) is 5.82. The van der Waals surface area contributed by atoms with Crippen LogP contribution in [0.5, 0.6) is 11.5 Å². The molecule has 0 aliphatic carbocycles. The van der Waals surface area contributed by atoms with Crippen LogP contribution in [0, 0.1) is 0 Å². The minimum atomic E-state index is 0.131. The van der Waals surface area contributed by atoms with Crippen LogP contribution < -0.4 is 14.9 Å². The number of hydrazone groups is 1. The third-order valence-corrected chi connectivity index (χ3v) is 4.93. The minimum Gasteiger partial charge on any atom is -0.497 e. The molecule has 2 aromatic carbocycles. The maximum absolute atomic E-state index is 5.71. The first kappa shape index (κ1) is 19.4. The van der Waals surface area contributed by atoms with E-state index in [0.717, 1.165) is 37.9 Å². The molecule has 27 heavy (non-hydrogen) atoms. The second kappa shape index (κ2) is 9.01. The van der Waals surface area contributed by atoms with Crippen molar-refractivity contribution in [3.63, 3.8) is 0 Å². The van der Waals surface area contributed by atoms with Crippen LogP contribution in [0.15, 0.2) is 57.4 Å². The van der Waals surface area contributed by atoms with E-state index in [9.17, 15) is 0 Å². The van der Waals surface area contributed by atoms with E-state index in [-0.39, 0.29) is 6.10 Å². The number of aromatic nitrogens is 1. The Morgan fingerprint density at radius 1 is 1.22 bits per heavy atom. The normalized spacial score (nSPS) is 11.1. The fourth-order valence-electron chi connectivity index (χ4n) is 2.35. The van der Waals surface area contributed by atoms with Crippen LogP contribution >= 0.6 is 27.3 Å². The van der Waals surface area contributed by atoms with E-state index in [1.165, 1.54) is 11.3 Å².